The highest BCUT2D eigenvalue weighted by atomic mass is 16.6. The number of aromatic amines is 1. The van der Waals surface area contributed by atoms with Crippen molar-refractivity contribution in [1.29, 1.82) is 0 Å². The zero-order chi connectivity index (χ0) is 14.1. The summed E-state index contributed by atoms with van der Waals surface area (Å²) in [7, 11) is 0. The molecule has 0 bridgehead atoms. The van der Waals surface area contributed by atoms with Crippen molar-refractivity contribution in [1.82, 2.24) is 9.88 Å². The van der Waals surface area contributed by atoms with Gasteiger partial charge in [0.15, 0.2) is 5.78 Å². The first-order chi connectivity index (χ1) is 9.65. The number of carbonyl (C=O) groups is 1. The summed E-state index contributed by atoms with van der Waals surface area (Å²) in [6.45, 7) is 1.35. The molecule has 20 heavy (non-hydrogen) atoms. The first kappa shape index (κ1) is 13.3. The van der Waals surface area contributed by atoms with Crippen LogP contribution in [0.15, 0.2) is 12.3 Å². The van der Waals surface area contributed by atoms with Crippen molar-refractivity contribution in [2.45, 2.75) is 38.1 Å². The molecule has 0 radical (unpaired) electrons. The molecule has 1 saturated heterocycles. The third kappa shape index (κ3) is 2.47. The molecule has 2 fully saturated rings. The number of ketones is 1. The third-order valence-corrected chi connectivity index (χ3v) is 4.65. The van der Waals surface area contributed by atoms with Crippen LogP contribution in [0.4, 0.5) is 5.69 Å². The van der Waals surface area contributed by atoms with Gasteiger partial charge in [0.2, 0.25) is 0 Å². The molecule has 2 unspecified atom stereocenters. The Morgan fingerprint density at radius 1 is 1.40 bits per heavy atom. The number of hydrogen-bond donors (Lipinski definition) is 1. The Bertz CT molecular complexity index is 525. The quantitative estimate of drug-likeness (QED) is 0.520. The molecule has 0 amide bonds. The van der Waals surface area contributed by atoms with E-state index < -0.39 is 4.92 Å². The molecule has 1 aromatic heterocycles. The Morgan fingerprint density at radius 3 is 2.95 bits per heavy atom. The van der Waals surface area contributed by atoms with E-state index in [9.17, 15) is 14.9 Å². The highest BCUT2D eigenvalue weighted by Crippen LogP contribution is 2.36. The van der Waals surface area contributed by atoms with Crippen LogP contribution in [0.25, 0.3) is 0 Å². The van der Waals surface area contributed by atoms with Gasteiger partial charge in [-0.05, 0) is 31.7 Å². The van der Waals surface area contributed by atoms with E-state index in [2.05, 4.69) is 9.88 Å². The van der Waals surface area contributed by atoms with Crippen molar-refractivity contribution >= 4 is 11.5 Å². The van der Waals surface area contributed by atoms with Gasteiger partial charge in [0.1, 0.15) is 0 Å². The smallest absolute Gasteiger partial charge is 0.287 e. The van der Waals surface area contributed by atoms with E-state index >= 15 is 0 Å². The minimum absolute atomic E-state index is 0.0506. The molecule has 3 rings (SSSR count). The average Bonchev–Trinajstić information content (AvgIpc) is 3.06. The number of hydrogen-bond acceptors (Lipinski definition) is 4. The summed E-state index contributed by atoms with van der Waals surface area (Å²) in [6, 6.07) is 1.87. The fraction of sp³-hybridized carbons (Fsp3) is 0.643. The molecule has 1 aromatic rings. The maximum atomic E-state index is 12.2. The highest BCUT2D eigenvalue weighted by molar-refractivity contribution is 5.96. The number of rotatable bonds is 4. The van der Waals surface area contributed by atoms with E-state index in [-0.39, 0.29) is 11.5 Å². The van der Waals surface area contributed by atoms with E-state index in [1.165, 1.54) is 44.4 Å². The number of carbonyl (C=O) groups excluding carboxylic acids is 1. The molecule has 108 valence electrons. The van der Waals surface area contributed by atoms with Crippen LogP contribution in [0.3, 0.4) is 0 Å². The molecular formula is C14H19N3O3. The predicted molar refractivity (Wildman–Crippen MR) is 73.7 cm³/mol. The number of fused-ring (bicyclic) bond motifs is 1. The zero-order valence-electron chi connectivity index (χ0n) is 11.4. The number of H-pyrrole nitrogens is 1. The van der Waals surface area contributed by atoms with Crippen LogP contribution in [0.2, 0.25) is 0 Å². The summed E-state index contributed by atoms with van der Waals surface area (Å²) in [5.74, 6) is 0.693. The van der Waals surface area contributed by atoms with Gasteiger partial charge in [0.25, 0.3) is 5.69 Å². The zero-order valence-corrected chi connectivity index (χ0v) is 11.4. The lowest BCUT2D eigenvalue weighted by Crippen LogP contribution is -2.38. The molecular weight excluding hydrogens is 258 g/mol. The van der Waals surface area contributed by atoms with Gasteiger partial charge in [-0.3, -0.25) is 19.8 Å². The fourth-order valence-electron chi connectivity index (χ4n) is 3.62. The molecule has 1 aliphatic carbocycles. The Morgan fingerprint density at radius 2 is 2.20 bits per heavy atom. The van der Waals surface area contributed by atoms with Gasteiger partial charge in [-0.15, -0.1) is 0 Å². The molecule has 2 aliphatic rings. The van der Waals surface area contributed by atoms with E-state index in [0.717, 1.165) is 12.5 Å². The van der Waals surface area contributed by atoms with Gasteiger partial charge < -0.3 is 4.98 Å². The number of aromatic nitrogens is 1. The normalized spacial score (nSPS) is 26.4. The van der Waals surface area contributed by atoms with Gasteiger partial charge >= 0.3 is 0 Å². The maximum Gasteiger partial charge on any atom is 0.287 e. The van der Waals surface area contributed by atoms with E-state index in [0.29, 0.717) is 18.3 Å². The molecule has 0 spiro atoms. The van der Waals surface area contributed by atoms with Gasteiger partial charge in [-0.25, -0.2) is 0 Å². The Hall–Kier alpha value is -1.69. The van der Waals surface area contributed by atoms with E-state index in [1.807, 2.05) is 0 Å². The number of nitro groups is 1. The van der Waals surface area contributed by atoms with Gasteiger partial charge in [-0.2, -0.15) is 0 Å². The summed E-state index contributed by atoms with van der Waals surface area (Å²) >= 11 is 0. The SMILES string of the molecule is O=C(CN1CCC2CCCCC21)c1cc([N+](=O)[O-])c[nH]1. The largest absolute Gasteiger partial charge is 0.353 e. The lowest BCUT2D eigenvalue weighted by Gasteiger charge is -2.31. The second kappa shape index (κ2) is 5.36. The minimum atomic E-state index is -0.486. The van der Waals surface area contributed by atoms with Gasteiger partial charge in [0, 0.05) is 12.1 Å². The topological polar surface area (TPSA) is 79.2 Å². The number of likely N-dealkylation sites (tertiary alicyclic amines) is 1. The van der Waals surface area contributed by atoms with Crippen molar-refractivity contribution < 1.29 is 9.72 Å². The average molecular weight is 277 g/mol. The lowest BCUT2D eigenvalue weighted by molar-refractivity contribution is -0.384. The molecule has 1 saturated carbocycles. The first-order valence-electron chi connectivity index (χ1n) is 7.25. The molecule has 6 heteroatoms. The standard InChI is InChI=1S/C14H19N3O3/c18-14(12-7-11(8-15-12)17(19)20)9-16-6-5-10-3-1-2-4-13(10)16/h7-8,10,13,15H,1-6,9H2. The second-order valence-electron chi connectivity index (χ2n) is 5.82. The second-order valence-corrected chi connectivity index (χ2v) is 5.82. The summed E-state index contributed by atoms with van der Waals surface area (Å²) < 4.78 is 0. The van der Waals surface area contributed by atoms with Crippen molar-refractivity contribution in [3.63, 3.8) is 0 Å². The Balaban J connectivity index is 1.65. The van der Waals surface area contributed by atoms with Crippen LogP contribution in [0.5, 0.6) is 0 Å². The first-order valence-corrected chi connectivity index (χ1v) is 7.25. The van der Waals surface area contributed by atoms with E-state index in [4.69, 9.17) is 0 Å². The van der Waals surface area contributed by atoms with Crippen molar-refractivity contribution in [3.8, 4) is 0 Å². The predicted octanol–water partition coefficient (Wildman–Crippen LogP) is 2.37. The molecule has 0 aromatic carbocycles. The van der Waals surface area contributed by atoms with Gasteiger partial charge in [0.05, 0.1) is 23.4 Å². The van der Waals surface area contributed by atoms with Crippen LogP contribution < -0.4 is 0 Å². The summed E-state index contributed by atoms with van der Waals surface area (Å²) in [4.78, 5) is 27.3. The molecule has 2 heterocycles. The van der Waals surface area contributed by atoms with Crippen LogP contribution in [0.1, 0.15) is 42.6 Å². The fourth-order valence-corrected chi connectivity index (χ4v) is 3.62. The van der Waals surface area contributed by atoms with Crippen molar-refractivity contribution in [2.75, 3.05) is 13.1 Å². The highest BCUT2D eigenvalue weighted by Gasteiger charge is 2.36. The monoisotopic (exact) mass is 277 g/mol. The molecule has 6 nitrogen and oxygen atoms in total. The van der Waals surface area contributed by atoms with Crippen molar-refractivity contribution in [3.05, 3.63) is 28.1 Å². The number of nitrogens with one attached hydrogen (secondary N) is 1. The number of nitrogens with zero attached hydrogens (tertiary/aromatic N) is 2. The molecule has 1 N–H and O–H groups in total. The van der Waals surface area contributed by atoms with Crippen molar-refractivity contribution in [2.24, 2.45) is 5.92 Å². The minimum Gasteiger partial charge on any atom is -0.353 e. The van der Waals surface area contributed by atoms with Crippen LogP contribution in [-0.2, 0) is 0 Å². The summed E-state index contributed by atoms with van der Waals surface area (Å²) in [5.41, 5.74) is 0.293. The molecule has 2 atom stereocenters. The third-order valence-electron chi connectivity index (χ3n) is 4.65. The van der Waals surface area contributed by atoms with Crippen LogP contribution in [0, 0.1) is 16.0 Å². The van der Waals surface area contributed by atoms with Crippen LogP contribution in [-0.4, -0.2) is 39.7 Å². The maximum absolute atomic E-state index is 12.2. The van der Waals surface area contributed by atoms with Crippen LogP contribution >= 0.6 is 0 Å². The lowest BCUT2D eigenvalue weighted by atomic mass is 9.85. The van der Waals surface area contributed by atoms with E-state index in [1.54, 1.807) is 0 Å². The Labute approximate surface area is 117 Å². The summed E-state index contributed by atoms with van der Waals surface area (Å²) in [6.07, 6.45) is 7.49. The summed E-state index contributed by atoms with van der Waals surface area (Å²) in [5, 5.41) is 10.6. The molecule has 1 aliphatic heterocycles. The van der Waals surface area contributed by atoms with Gasteiger partial charge in [-0.1, -0.05) is 12.8 Å². The number of Topliss-reactive ketones (excluding diaryl/α,β-unsaturated/α-hetero) is 1. The Kier molecular flexibility index (Phi) is 3.56.